The van der Waals surface area contributed by atoms with Crippen molar-refractivity contribution in [2.24, 2.45) is 0 Å². The van der Waals surface area contributed by atoms with Gasteiger partial charge >= 0.3 is 6.18 Å². The van der Waals surface area contributed by atoms with Gasteiger partial charge < -0.3 is 25.0 Å². The Morgan fingerprint density at radius 2 is 1.88 bits per heavy atom. The maximum absolute atomic E-state index is 13.7. The van der Waals surface area contributed by atoms with Crippen LogP contribution in [0.25, 0.3) is 11.2 Å². The molecule has 2 amide bonds. The SMILES string of the molecule is CCc1c(N2CCNCC2)c(=O)c2nc(C(=O)N(C)C)cnc2n1CC(=O)Nc1ccc(C(F)(F)F)cc1Cl.Cl. The number of carbonyl (C=O) groups excluding carboxylic acids is 2. The molecule has 0 aliphatic carbocycles. The summed E-state index contributed by atoms with van der Waals surface area (Å²) in [6.07, 6.45) is -2.96. The molecule has 1 fully saturated rings. The van der Waals surface area contributed by atoms with Crippen LogP contribution in [0.4, 0.5) is 24.5 Å². The van der Waals surface area contributed by atoms with Crippen LogP contribution in [0.5, 0.6) is 0 Å². The van der Waals surface area contributed by atoms with Crippen LogP contribution in [0.3, 0.4) is 0 Å². The van der Waals surface area contributed by atoms with Gasteiger partial charge in [-0.1, -0.05) is 18.5 Å². The second kappa shape index (κ2) is 12.4. The Balaban J connectivity index is 0.00000441. The van der Waals surface area contributed by atoms with Crippen molar-refractivity contribution in [1.82, 2.24) is 24.8 Å². The largest absolute Gasteiger partial charge is 0.416 e. The highest BCUT2D eigenvalue weighted by Gasteiger charge is 2.31. The average molecular weight is 602 g/mol. The number of alkyl halides is 3. The third kappa shape index (κ3) is 6.31. The highest BCUT2D eigenvalue weighted by molar-refractivity contribution is 6.33. The number of piperazine rings is 1. The molecule has 1 saturated heterocycles. The van der Waals surface area contributed by atoms with E-state index in [4.69, 9.17) is 11.6 Å². The molecule has 1 aliphatic heterocycles. The van der Waals surface area contributed by atoms with Crippen molar-refractivity contribution < 1.29 is 22.8 Å². The van der Waals surface area contributed by atoms with Gasteiger partial charge in [-0.25, -0.2) is 9.97 Å². The van der Waals surface area contributed by atoms with Gasteiger partial charge in [0.1, 0.15) is 17.9 Å². The average Bonchev–Trinajstić information content (AvgIpc) is 2.90. The molecule has 1 aromatic carbocycles. The fourth-order valence-electron chi connectivity index (χ4n) is 4.43. The smallest absolute Gasteiger partial charge is 0.364 e. The van der Waals surface area contributed by atoms with Crippen molar-refractivity contribution in [2.75, 3.05) is 50.5 Å². The van der Waals surface area contributed by atoms with E-state index in [0.717, 1.165) is 18.2 Å². The van der Waals surface area contributed by atoms with Crippen molar-refractivity contribution >= 4 is 58.4 Å². The summed E-state index contributed by atoms with van der Waals surface area (Å²) in [6, 6.07) is 2.64. The predicted molar refractivity (Wildman–Crippen MR) is 149 cm³/mol. The van der Waals surface area contributed by atoms with Crippen molar-refractivity contribution in [2.45, 2.75) is 26.1 Å². The van der Waals surface area contributed by atoms with Crippen LogP contribution in [0.1, 0.15) is 28.7 Å². The number of amides is 2. The Morgan fingerprint density at radius 3 is 2.45 bits per heavy atom. The number of aromatic nitrogens is 3. The van der Waals surface area contributed by atoms with Crippen molar-refractivity contribution in [3.05, 3.63) is 56.6 Å². The number of benzene rings is 1. The van der Waals surface area contributed by atoms with Crippen molar-refractivity contribution in [3.8, 4) is 0 Å². The molecule has 0 bridgehead atoms. The summed E-state index contributed by atoms with van der Waals surface area (Å²) in [5.41, 5.74) is -0.387. The number of nitrogens with zero attached hydrogens (tertiary/aromatic N) is 5. The van der Waals surface area contributed by atoms with Gasteiger partial charge in [0.2, 0.25) is 11.3 Å². The van der Waals surface area contributed by atoms with Gasteiger partial charge in [-0.2, -0.15) is 13.2 Å². The summed E-state index contributed by atoms with van der Waals surface area (Å²) in [5.74, 6) is -1.04. The van der Waals surface area contributed by atoms with E-state index in [-0.39, 0.29) is 46.5 Å². The third-order valence-electron chi connectivity index (χ3n) is 6.30. The molecule has 2 aromatic heterocycles. The molecule has 2 N–H and O–H groups in total. The lowest BCUT2D eigenvalue weighted by atomic mass is 10.1. The first-order valence-corrected chi connectivity index (χ1v) is 12.6. The minimum absolute atomic E-state index is 0. The third-order valence-corrected chi connectivity index (χ3v) is 6.62. The number of rotatable bonds is 6. The van der Waals surface area contributed by atoms with Gasteiger partial charge in [-0.05, 0) is 24.6 Å². The zero-order chi connectivity index (χ0) is 28.5. The first kappa shape index (κ1) is 31.1. The second-order valence-electron chi connectivity index (χ2n) is 9.17. The number of pyridine rings is 1. The van der Waals surface area contributed by atoms with Crippen LogP contribution in [-0.2, 0) is 23.9 Å². The van der Waals surface area contributed by atoms with Gasteiger partial charge in [0, 0.05) is 46.0 Å². The molecule has 15 heteroatoms. The highest BCUT2D eigenvalue weighted by atomic mass is 35.5. The summed E-state index contributed by atoms with van der Waals surface area (Å²) < 4.78 is 40.6. The molecule has 3 heterocycles. The number of anilines is 2. The minimum atomic E-state index is -4.58. The quantitative estimate of drug-likeness (QED) is 0.446. The summed E-state index contributed by atoms with van der Waals surface area (Å²) in [6.45, 7) is 3.91. The van der Waals surface area contributed by atoms with E-state index >= 15 is 0 Å². The summed E-state index contributed by atoms with van der Waals surface area (Å²) in [4.78, 5) is 51.3. The maximum Gasteiger partial charge on any atom is 0.416 e. The Kier molecular flexibility index (Phi) is 9.64. The fraction of sp³-hybridized carbons (Fsp3) is 0.400. The first-order valence-electron chi connectivity index (χ1n) is 12.2. The number of nitrogens with one attached hydrogen (secondary N) is 2. The number of halogens is 5. The van der Waals surface area contributed by atoms with Crippen LogP contribution in [0.15, 0.2) is 29.2 Å². The summed E-state index contributed by atoms with van der Waals surface area (Å²) >= 11 is 6.02. The molecule has 0 unspecified atom stereocenters. The molecule has 10 nitrogen and oxygen atoms in total. The molecule has 40 heavy (non-hydrogen) atoms. The second-order valence-corrected chi connectivity index (χ2v) is 9.58. The predicted octanol–water partition coefficient (Wildman–Crippen LogP) is 3.20. The summed E-state index contributed by atoms with van der Waals surface area (Å²) in [7, 11) is 3.10. The van der Waals surface area contributed by atoms with E-state index in [2.05, 4.69) is 20.6 Å². The monoisotopic (exact) mass is 601 g/mol. The van der Waals surface area contributed by atoms with E-state index in [0.29, 0.717) is 44.0 Å². The van der Waals surface area contributed by atoms with Gasteiger partial charge in [0.05, 0.1) is 22.5 Å². The normalized spacial score (nSPS) is 13.6. The fourth-order valence-corrected chi connectivity index (χ4v) is 4.66. The Labute approximate surface area is 238 Å². The molecule has 3 aromatic rings. The van der Waals surface area contributed by atoms with E-state index < -0.39 is 29.0 Å². The van der Waals surface area contributed by atoms with E-state index in [1.165, 1.54) is 11.1 Å². The molecule has 0 atom stereocenters. The Hall–Kier alpha value is -3.42. The van der Waals surface area contributed by atoms with Crippen molar-refractivity contribution in [3.63, 3.8) is 0 Å². The topological polar surface area (TPSA) is 112 Å². The Bertz CT molecular complexity index is 1490. The number of hydrogen-bond donors (Lipinski definition) is 2. The molecule has 0 saturated carbocycles. The van der Waals surface area contributed by atoms with Crippen molar-refractivity contribution in [1.29, 1.82) is 0 Å². The van der Waals surface area contributed by atoms with E-state index in [1.54, 1.807) is 18.7 Å². The zero-order valence-electron chi connectivity index (χ0n) is 21.9. The van der Waals surface area contributed by atoms with Crippen LogP contribution < -0.4 is 21.0 Å². The van der Waals surface area contributed by atoms with Crippen LogP contribution in [-0.4, -0.2) is 71.5 Å². The zero-order valence-corrected chi connectivity index (χ0v) is 23.5. The molecule has 0 radical (unpaired) electrons. The molecule has 4 rings (SSSR count). The van der Waals surface area contributed by atoms with Crippen LogP contribution in [0.2, 0.25) is 5.02 Å². The van der Waals surface area contributed by atoms with Crippen LogP contribution in [0, 0.1) is 0 Å². The first-order chi connectivity index (χ1) is 18.4. The number of carbonyl (C=O) groups is 2. The molecule has 216 valence electrons. The highest BCUT2D eigenvalue weighted by Crippen LogP contribution is 2.34. The van der Waals surface area contributed by atoms with Gasteiger partial charge in [0.15, 0.2) is 11.2 Å². The molecular formula is C25H28Cl2F3N7O3. The number of fused-ring (bicyclic) bond motifs is 1. The van der Waals surface area contributed by atoms with Gasteiger partial charge in [-0.3, -0.25) is 14.4 Å². The van der Waals surface area contributed by atoms with E-state index in [9.17, 15) is 27.6 Å². The van der Waals surface area contributed by atoms with Gasteiger partial charge in [0.25, 0.3) is 5.91 Å². The van der Waals surface area contributed by atoms with E-state index in [1.807, 2.05) is 11.8 Å². The van der Waals surface area contributed by atoms with Crippen LogP contribution >= 0.6 is 24.0 Å². The lowest BCUT2D eigenvalue weighted by Gasteiger charge is -2.31. The Morgan fingerprint density at radius 1 is 1.20 bits per heavy atom. The molecule has 1 aliphatic rings. The molecule has 0 spiro atoms. The lowest BCUT2D eigenvalue weighted by Crippen LogP contribution is -2.46. The molecular weight excluding hydrogens is 574 g/mol. The number of hydrogen-bond acceptors (Lipinski definition) is 7. The van der Waals surface area contributed by atoms with Gasteiger partial charge in [-0.15, -0.1) is 12.4 Å². The summed E-state index contributed by atoms with van der Waals surface area (Å²) in [5, 5.41) is 5.50. The lowest BCUT2D eigenvalue weighted by molar-refractivity contribution is -0.137. The maximum atomic E-state index is 13.7. The standard InChI is InChI=1S/C25H27ClF3N7O3.ClH/c1-4-18-21(35-9-7-30-8-10-35)22(38)20-23(31-12-17(33-20)24(39)34(2)3)36(18)13-19(37)32-16-6-5-14(11-15(16)26)25(27,28)29;/h5-6,11-12,30H,4,7-10,13H2,1-3H3,(H,32,37);1H. The minimum Gasteiger partial charge on any atom is -0.364 e.